The average Bonchev–Trinajstić information content (AvgIpc) is 3.18. The molecule has 0 unspecified atom stereocenters. The Labute approximate surface area is 177 Å². The lowest BCUT2D eigenvalue weighted by atomic mass is 10.2. The van der Waals surface area contributed by atoms with Crippen LogP contribution >= 0.6 is 23.4 Å². The quantitative estimate of drug-likeness (QED) is 0.270. The van der Waals surface area contributed by atoms with E-state index < -0.39 is 0 Å². The third-order valence-corrected chi connectivity index (χ3v) is 5.55. The van der Waals surface area contributed by atoms with Crippen LogP contribution in [0, 0.1) is 5.82 Å². The van der Waals surface area contributed by atoms with Crippen molar-refractivity contribution in [3.63, 3.8) is 0 Å². The van der Waals surface area contributed by atoms with Gasteiger partial charge in [-0.1, -0.05) is 65.8 Å². The third kappa shape index (κ3) is 4.58. The number of thioether (sulfide) groups is 1. The van der Waals surface area contributed by atoms with Crippen molar-refractivity contribution in [3.05, 3.63) is 101 Å². The highest BCUT2D eigenvalue weighted by atomic mass is 35.5. The van der Waals surface area contributed by atoms with Gasteiger partial charge in [0, 0.05) is 28.0 Å². The summed E-state index contributed by atoms with van der Waals surface area (Å²) in [4.78, 5) is 17.2. The fourth-order valence-electron chi connectivity index (χ4n) is 2.85. The van der Waals surface area contributed by atoms with Gasteiger partial charge in [-0.05, 0) is 36.4 Å². The molecule has 0 spiro atoms. The van der Waals surface area contributed by atoms with Gasteiger partial charge >= 0.3 is 0 Å². The van der Waals surface area contributed by atoms with E-state index in [1.165, 1.54) is 23.9 Å². The minimum atomic E-state index is -0.305. The Bertz CT molecular complexity index is 1130. The molecule has 3 nitrogen and oxygen atoms in total. The molecule has 29 heavy (non-hydrogen) atoms. The van der Waals surface area contributed by atoms with Crippen LogP contribution in [-0.4, -0.2) is 21.1 Å². The van der Waals surface area contributed by atoms with Crippen molar-refractivity contribution in [1.82, 2.24) is 9.55 Å². The standard InChI is InChI=1S/C23H16ClFN2OS/c24-18-8-6-16(7-9-18)21-14-27(20-12-10-19(25)11-13-20)23(26-21)29-15-22(28)17-4-2-1-3-5-17/h1-14H,15H2. The van der Waals surface area contributed by atoms with Crippen LogP contribution in [0.25, 0.3) is 16.9 Å². The maximum absolute atomic E-state index is 13.4. The van der Waals surface area contributed by atoms with Crippen molar-refractivity contribution >= 4 is 29.1 Å². The number of carbonyl (C=O) groups is 1. The number of halogens is 2. The monoisotopic (exact) mass is 422 g/mol. The lowest BCUT2D eigenvalue weighted by Gasteiger charge is -2.07. The van der Waals surface area contributed by atoms with Gasteiger partial charge < -0.3 is 0 Å². The molecule has 4 aromatic rings. The van der Waals surface area contributed by atoms with Gasteiger partial charge in [-0.25, -0.2) is 9.37 Å². The molecule has 144 valence electrons. The summed E-state index contributed by atoms with van der Waals surface area (Å²) in [5, 5.41) is 1.31. The second-order valence-electron chi connectivity index (χ2n) is 6.34. The maximum Gasteiger partial charge on any atom is 0.173 e. The van der Waals surface area contributed by atoms with Gasteiger partial charge in [-0.15, -0.1) is 0 Å². The van der Waals surface area contributed by atoms with Crippen LogP contribution < -0.4 is 0 Å². The molecule has 0 aliphatic rings. The minimum Gasteiger partial charge on any atom is -0.294 e. The lowest BCUT2D eigenvalue weighted by molar-refractivity contribution is 0.102. The number of imidazole rings is 1. The number of ketones is 1. The highest BCUT2D eigenvalue weighted by Gasteiger charge is 2.14. The van der Waals surface area contributed by atoms with Crippen molar-refractivity contribution in [2.45, 2.75) is 5.16 Å². The lowest BCUT2D eigenvalue weighted by Crippen LogP contribution is -2.03. The van der Waals surface area contributed by atoms with Crippen molar-refractivity contribution in [2.75, 3.05) is 5.75 Å². The van der Waals surface area contributed by atoms with Gasteiger partial charge in [0.05, 0.1) is 11.4 Å². The van der Waals surface area contributed by atoms with Gasteiger partial charge in [0.1, 0.15) is 5.82 Å². The van der Waals surface area contributed by atoms with Gasteiger partial charge in [-0.3, -0.25) is 9.36 Å². The number of nitrogens with zero attached hydrogens (tertiary/aromatic N) is 2. The summed E-state index contributed by atoms with van der Waals surface area (Å²) in [6.07, 6.45) is 1.88. The van der Waals surface area contributed by atoms with Crippen LogP contribution in [0.5, 0.6) is 0 Å². The van der Waals surface area contributed by atoms with E-state index in [2.05, 4.69) is 0 Å². The van der Waals surface area contributed by atoms with E-state index in [0.717, 1.165) is 16.9 Å². The number of Topliss-reactive ketones (excluding diaryl/α,β-unsaturated/α-hetero) is 1. The van der Waals surface area contributed by atoms with Crippen LogP contribution in [0.1, 0.15) is 10.4 Å². The predicted octanol–water partition coefficient (Wildman–Crippen LogP) is 6.31. The maximum atomic E-state index is 13.4. The molecule has 1 aromatic heterocycles. The van der Waals surface area contributed by atoms with E-state index in [4.69, 9.17) is 16.6 Å². The molecule has 0 atom stereocenters. The van der Waals surface area contributed by atoms with E-state index in [1.807, 2.05) is 41.1 Å². The molecule has 0 amide bonds. The molecule has 0 saturated heterocycles. The van der Waals surface area contributed by atoms with Crippen molar-refractivity contribution in [2.24, 2.45) is 0 Å². The van der Waals surface area contributed by atoms with Crippen molar-refractivity contribution in [3.8, 4) is 16.9 Å². The zero-order chi connectivity index (χ0) is 20.2. The number of hydrogen-bond acceptors (Lipinski definition) is 3. The first kappa shape index (κ1) is 19.4. The summed E-state index contributed by atoms with van der Waals surface area (Å²) in [5.74, 6) is -0.0278. The fraction of sp³-hybridized carbons (Fsp3) is 0.0435. The second kappa shape index (κ2) is 8.64. The van der Waals surface area contributed by atoms with Gasteiger partial charge in [0.25, 0.3) is 0 Å². The fourth-order valence-corrected chi connectivity index (χ4v) is 3.86. The number of benzene rings is 3. The van der Waals surface area contributed by atoms with E-state index >= 15 is 0 Å². The Balaban J connectivity index is 1.66. The van der Waals surface area contributed by atoms with Gasteiger partial charge in [0.15, 0.2) is 10.9 Å². The zero-order valence-corrected chi connectivity index (χ0v) is 16.8. The number of carbonyl (C=O) groups excluding carboxylic acids is 1. The van der Waals surface area contributed by atoms with E-state index in [9.17, 15) is 9.18 Å². The summed E-state index contributed by atoms with van der Waals surface area (Å²) in [6.45, 7) is 0. The van der Waals surface area contributed by atoms with Crippen molar-refractivity contribution in [1.29, 1.82) is 0 Å². The molecule has 1 heterocycles. The normalized spacial score (nSPS) is 10.8. The first-order chi connectivity index (χ1) is 14.1. The molecule has 0 fully saturated rings. The average molecular weight is 423 g/mol. The van der Waals surface area contributed by atoms with E-state index in [-0.39, 0.29) is 17.4 Å². The first-order valence-electron chi connectivity index (χ1n) is 8.92. The van der Waals surface area contributed by atoms with Crippen LogP contribution in [0.3, 0.4) is 0 Å². The molecule has 0 bridgehead atoms. The van der Waals surface area contributed by atoms with Crippen LogP contribution in [-0.2, 0) is 0 Å². The Morgan fingerprint density at radius 1 is 0.966 bits per heavy atom. The Morgan fingerprint density at radius 2 is 1.66 bits per heavy atom. The van der Waals surface area contributed by atoms with Crippen LogP contribution in [0.15, 0.2) is 90.2 Å². The zero-order valence-electron chi connectivity index (χ0n) is 15.3. The molecular weight excluding hydrogens is 407 g/mol. The highest BCUT2D eigenvalue weighted by Crippen LogP contribution is 2.28. The number of hydrogen-bond donors (Lipinski definition) is 0. The SMILES string of the molecule is O=C(CSc1nc(-c2ccc(Cl)cc2)cn1-c1ccc(F)cc1)c1ccccc1. The largest absolute Gasteiger partial charge is 0.294 e. The second-order valence-corrected chi connectivity index (χ2v) is 7.72. The molecule has 3 aromatic carbocycles. The highest BCUT2D eigenvalue weighted by molar-refractivity contribution is 7.99. The summed E-state index contributed by atoms with van der Waals surface area (Å²) in [5.41, 5.74) is 3.10. The van der Waals surface area contributed by atoms with Crippen molar-refractivity contribution < 1.29 is 9.18 Å². The van der Waals surface area contributed by atoms with E-state index in [1.54, 1.807) is 36.4 Å². The van der Waals surface area contributed by atoms with E-state index in [0.29, 0.717) is 15.7 Å². The molecule has 0 aliphatic carbocycles. The molecule has 0 N–H and O–H groups in total. The Kier molecular flexibility index (Phi) is 5.79. The Morgan fingerprint density at radius 3 is 2.34 bits per heavy atom. The first-order valence-corrected chi connectivity index (χ1v) is 10.3. The summed E-state index contributed by atoms with van der Waals surface area (Å²) < 4.78 is 15.2. The van der Waals surface area contributed by atoms with Crippen LogP contribution in [0.2, 0.25) is 5.02 Å². The number of aromatic nitrogens is 2. The van der Waals surface area contributed by atoms with Gasteiger partial charge in [-0.2, -0.15) is 0 Å². The molecule has 0 saturated carbocycles. The Hall–Kier alpha value is -2.89. The summed E-state index contributed by atoms with van der Waals surface area (Å²) >= 11 is 7.34. The number of rotatable bonds is 6. The summed E-state index contributed by atoms with van der Waals surface area (Å²) in [6, 6.07) is 22.7. The molecule has 0 aliphatic heterocycles. The smallest absolute Gasteiger partial charge is 0.173 e. The third-order valence-electron chi connectivity index (χ3n) is 4.35. The topological polar surface area (TPSA) is 34.9 Å². The van der Waals surface area contributed by atoms with Gasteiger partial charge in [0.2, 0.25) is 0 Å². The molecule has 4 rings (SSSR count). The van der Waals surface area contributed by atoms with Crippen LogP contribution in [0.4, 0.5) is 4.39 Å². The molecule has 6 heteroatoms. The molecular formula is C23H16ClFN2OS. The minimum absolute atomic E-state index is 0.0253. The summed E-state index contributed by atoms with van der Waals surface area (Å²) in [7, 11) is 0. The predicted molar refractivity (Wildman–Crippen MR) is 115 cm³/mol. The molecule has 0 radical (unpaired) electrons.